The molecule has 7 nitrogen and oxygen atoms in total. The van der Waals surface area contributed by atoms with Crippen LogP contribution < -0.4 is 5.32 Å². The van der Waals surface area contributed by atoms with E-state index in [-0.39, 0.29) is 36.6 Å². The van der Waals surface area contributed by atoms with Gasteiger partial charge in [-0.25, -0.2) is 0 Å². The van der Waals surface area contributed by atoms with Crippen molar-refractivity contribution in [3.63, 3.8) is 0 Å². The predicted octanol–water partition coefficient (Wildman–Crippen LogP) is 3.25. The maximum Gasteiger partial charge on any atom is 0.308 e. The Bertz CT molecular complexity index is 793. The maximum absolute atomic E-state index is 12.5. The quantitative estimate of drug-likeness (QED) is 0.546. The molecule has 1 aromatic carbocycles. The van der Waals surface area contributed by atoms with Crippen LogP contribution in [0.3, 0.4) is 0 Å². The van der Waals surface area contributed by atoms with E-state index in [9.17, 15) is 19.2 Å². The van der Waals surface area contributed by atoms with Crippen molar-refractivity contribution in [1.29, 1.82) is 0 Å². The van der Waals surface area contributed by atoms with Crippen LogP contribution in [0.2, 0.25) is 0 Å². The Hall–Kier alpha value is -2.70. The summed E-state index contributed by atoms with van der Waals surface area (Å²) in [5.41, 5.74) is 1.79. The van der Waals surface area contributed by atoms with E-state index in [0.29, 0.717) is 11.6 Å². The Balaban J connectivity index is 1.46. The first-order valence-electron chi connectivity index (χ1n) is 10.7. The van der Waals surface area contributed by atoms with Gasteiger partial charge in [-0.05, 0) is 43.4 Å². The summed E-state index contributed by atoms with van der Waals surface area (Å²) < 4.78 is 5.20. The average Bonchev–Trinajstić information content (AvgIpc) is 2.97. The number of fused-ring (bicyclic) bond motifs is 1. The Kier molecular flexibility index (Phi) is 6.90. The first-order valence-corrected chi connectivity index (χ1v) is 10.7. The lowest BCUT2D eigenvalue weighted by atomic mass is 9.81. The highest BCUT2D eigenvalue weighted by atomic mass is 16.5. The Morgan fingerprint density at radius 1 is 1.03 bits per heavy atom. The van der Waals surface area contributed by atoms with Crippen LogP contribution in [0, 0.1) is 11.8 Å². The minimum Gasteiger partial charge on any atom is -0.452 e. The summed E-state index contributed by atoms with van der Waals surface area (Å²) in [5, 5.41) is 2.72. The number of carbonyl (C=O) groups is 4. The van der Waals surface area contributed by atoms with Crippen molar-refractivity contribution in [2.45, 2.75) is 64.9 Å². The highest BCUT2D eigenvalue weighted by Crippen LogP contribution is 2.38. The molecule has 1 N–H and O–H groups in total. The van der Waals surface area contributed by atoms with Crippen molar-refractivity contribution in [1.82, 2.24) is 4.90 Å². The van der Waals surface area contributed by atoms with Gasteiger partial charge in [0.1, 0.15) is 0 Å². The average molecular weight is 415 g/mol. The molecule has 1 saturated heterocycles. The second kappa shape index (κ2) is 9.41. The number of imide groups is 1. The number of esters is 1. The Morgan fingerprint density at radius 3 is 2.13 bits per heavy atom. The van der Waals surface area contributed by atoms with Crippen molar-refractivity contribution in [3.8, 4) is 0 Å². The van der Waals surface area contributed by atoms with Crippen LogP contribution in [0.1, 0.15) is 64.4 Å². The van der Waals surface area contributed by atoms with Crippen LogP contribution in [0.25, 0.3) is 0 Å². The molecule has 0 spiro atoms. The van der Waals surface area contributed by atoms with Gasteiger partial charge in [-0.1, -0.05) is 38.8 Å². The molecule has 1 aliphatic heterocycles. The van der Waals surface area contributed by atoms with E-state index < -0.39 is 18.0 Å². The van der Waals surface area contributed by atoms with Crippen molar-refractivity contribution in [3.05, 3.63) is 29.8 Å². The van der Waals surface area contributed by atoms with Crippen LogP contribution >= 0.6 is 0 Å². The predicted molar refractivity (Wildman–Crippen MR) is 111 cm³/mol. The van der Waals surface area contributed by atoms with Gasteiger partial charge in [-0.2, -0.15) is 0 Å². The molecule has 2 fully saturated rings. The Labute approximate surface area is 177 Å². The standard InChI is InChI=1S/C23H30N2O5/c1-14(2)16-8-10-17(11-9-16)24-21(27)15(3)30-20(26)12-13-25-22(28)18-6-4-5-7-19(18)23(25)29/h8-11,14-15,18-19H,4-7,12-13H2,1-3H3,(H,24,27)/t15-,18-,19-/m0/s1. The van der Waals surface area contributed by atoms with E-state index in [0.717, 1.165) is 25.7 Å². The summed E-state index contributed by atoms with van der Waals surface area (Å²) in [4.78, 5) is 50.6. The fraction of sp³-hybridized carbons (Fsp3) is 0.565. The number of hydrogen-bond acceptors (Lipinski definition) is 5. The molecule has 162 valence electrons. The number of hydrogen-bond donors (Lipinski definition) is 1. The molecule has 1 saturated carbocycles. The number of benzene rings is 1. The van der Waals surface area contributed by atoms with Gasteiger partial charge in [0.2, 0.25) is 11.8 Å². The molecular formula is C23H30N2O5. The fourth-order valence-corrected chi connectivity index (χ4v) is 4.16. The number of amides is 3. The summed E-state index contributed by atoms with van der Waals surface area (Å²) in [5.74, 6) is -1.44. The van der Waals surface area contributed by atoms with E-state index in [1.165, 1.54) is 17.4 Å². The van der Waals surface area contributed by atoms with E-state index in [1.54, 1.807) is 0 Å². The molecule has 0 aromatic heterocycles. The molecule has 1 aliphatic carbocycles. The SMILES string of the molecule is CC(C)c1ccc(NC(=O)[C@H](C)OC(=O)CCN2C(=O)[C@H]3CCCC[C@@H]3C2=O)cc1. The summed E-state index contributed by atoms with van der Waals surface area (Å²) in [6.07, 6.45) is 2.32. The molecule has 2 aliphatic rings. The van der Waals surface area contributed by atoms with Crippen molar-refractivity contribution in [2.75, 3.05) is 11.9 Å². The van der Waals surface area contributed by atoms with Gasteiger partial charge in [0.25, 0.3) is 5.91 Å². The Morgan fingerprint density at radius 2 is 1.60 bits per heavy atom. The van der Waals surface area contributed by atoms with Crippen molar-refractivity contribution in [2.24, 2.45) is 11.8 Å². The monoisotopic (exact) mass is 414 g/mol. The molecule has 0 unspecified atom stereocenters. The van der Waals surface area contributed by atoms with Gasteiger partial charge in [0, 0.05) is 12.2 Å². The van der Waals surface area contributed by atoms with E-state index in [2.05, 4.69) is 19.2 Å². The number of rotatable bonds is 7. The molecule has 0 bridgehead atoms. The van der Waals surface area contributed by atoms with Gasteiger partial charge in [-0.3, -0.25) is 24.1 Å². The van der Waals surface area contributed by atoms with Crippen LogP contribution in [0.15, 0.2) is 24.3 Å². The fourth-order valence-electron chi connectivity index (χ4n) is 4.16. The zero-order valence-corrected chi connectivity index (χ0v) is 17.8. The number of likely N-dealkylation sites (tertiary alicyclic amines) is 1. The second-order valence-electron chi connectivity index (χ2n) is 8.47. The van der Waals surface area contributed by atoms with Crippen molar-refractivity contribution >= 4 is 29.4 Å². The van der Waals surface area contributed by atoms with Gasteiger partial charge >= 0.3 is 5.97 Å². The van der Waals surface area contributed by atoms with Crippen LogP contribution in [0.5, 0.6) is 0 Å². The molecule has 1 aromatic rings. The van der Waals surface area contributed by atoms with E-state index in [4.69, 9.17) is 4.74 Å². The summed E-state index contributed by atoms with van der Waals surface area (Å²) >= 11 is 0. The smallest absolute Gasteiger partial charge is 0.308 e. The lowest BCUT2D eigenvalue weighted by molar-refractivity contribution is -0.154. The van der Waals surface area contributed by atoms with E-state index >= 15 is 0 Å². The third-order valence-corrected chi connectivity index (χ3v) is 5.99. The topological polar surface area (TPSA) is 92.8 Å². The molecule has 7 heteroatoms. The second-order valence-corrected chi connectivity index (χ2v) is 8.47. The third-order valence-electron chi connectivity index (χ3n) is 5.99. The molecule has 3 rings (SSSR count). The van der Waals surface area contributed by atoms with Gasteiger partial charge < -0.3 is 10.1 Å². The van der Waals surface area contributed by atoms with E-state index in [1.807, 2.05) is 24.3 Å². The molecule has 30 heavy (non-hydrogen) atoms. The van der Waals surface area contributed by atoms with Gasteiger partial charge in [0.15, 0.2) is 6.10 Å². The first kappa shape index (κ1) is 22.0. The zero-order valence-electron chi connectivity index (χ0n) is 17.8. The first-order chi connectivity index (χ1) is 14.3. The van der Waals surface area contributed by atoms with Gasteiger partial charge in [0.05, 0.1) is 18.3 Å². The van der Waals surface area contributed by atoms with Crippen molar-refractivity contribution < 1.29 is 23.9 Å². The number of carbonyl (C=O) groups excluding carboxylic acids is 4. The number of anilines is 1. The lowest BCUT2D eigenvalue weighted by Crippen LogP contribution is -2.35. The lowest BCUT2D eigenvalue weighted by Gasteiger charge is -2.19. The third kappa shape index (κ3) is 4.89. The summed E-state index contributed by atoms with van der Waals surface area (Å²) in [7, 11) is 0. The molecule has 1 heterocycles. The minimum atomic E-state index is -0.977. The van der Waals surface area contributed by atoms with Crippen LogP contribution in [-0.4, -0.2) is 41.2 Å². The maximum atomic E-state index is 12.5. The summed E-state index contributed by atoms with van der Waals surface area (Å²) in [6, 6.07) is 7.51. The molecular weight excluding hydrogens is 384 g/mol. The minimum absolute atomic E-state index is 0.00844. The van der Waals surface area contributed by atoms with Gasteiger partial charge in [-0.15, -0.1) is 0 Å². The largest absolute Gasteiger partial charge is 0.452 e. The normalized spacial score (nSPS) is 22.1. The number of ether oxygens (including phenoxy) is 1. The number of nitrogens with zero attached hydrogens (tertiary/aromatic N) is 1. The summed E-state index contributed by atoms with van der Waals surface area (Å²) in [6.45, 7) is 5.68. The number of nitrogens with one attached hydrogen (secondary N) is 1. The molecule has 3 atom stereocenters. The molecule has 0 radical (unpaired) electrons. The molecule has 3 amide bonds. The zero-order chi connectivity index (χ0) is 21.8. The van der Waals surface area contributed by atoms with Crippen LogP contribution in [-0.2, 0) is 23.9 Å². The highest BCUT2D eigenvalue weighted by Gasteiger charge is 2.47. The highest BCUT2D eigenvalue weighted by molar-refractivity contribution is 6.05. The van der Waals surface area contributed by atoms with Crippen LogP contribution in [0.4, 0.5) is 5.69 Å².